The van der Waals surface area contributed by atoms with Crippen molar-refractivity contribution in [3.8, 4) is 0 Å². The molecule has 2 heteroatoms. The van der Waals surface area contributed by atoms with Crippen LogP contribution in [0, 0.1) is 5.92 Å². The average molecular weight is 232 g/mol. The van der Waals surface area contributed by atoms with Gasteiger partial charge in [-0.3, -0.25) is 0 Å². The second-order valence-corrected chi connectivity index (χ2v) is 5.20. The SMILES string of the molecule is CN(CC1CCCC1)c1ccccc1CCN. The Balaban J connectivity index is 2.03. The summed E-state index contributed by atoms with van der Waals surface area (Å²) in [5.74, 6) is 0.894. The van der Waals surface area contributed by atoms with Gasteiger partial charge in [-0.05, 0) is 43.4 Å². The molecule has 0 aliphatic heterocycles. The lowest BCUT2D eigenvalue weighted by Crippen LogP contribution is -2.25. The predicted molar refractivity (Wildman–Crippen MR) is 74.4 cm³/mol. The van der Waals surface area contributed by atoms with Crippen LogP contribution in [0.15, 0.2) is 24.3 Å². The Morgan fingerprint density at radius 1 is 1.24 bits per heavy atom. The van der Waals surface area contributed by atoms with Gasteiger partial charge in [-0.15, -0.1) is 0 Å². The lowest BCUT2D eigenvalue weighted by atomic mass is 10.1. The molecule has 0 radical (unpaired) electrons. The molecule has 1 aliphatic carbocycles. The van der Waals surface area contributed by atoms with Crippen LogP contribution in [0.1, 0.15) is 31.2 Å². The molecule has 2 N–H and O–H groups in total. The number of benzene rings is 1. The van der Waals surface area contributed by atoms with Crippen LogP contribution >= 0.6 is 0 Å². The molecule has 0 saturated heterocycles. The van der Waals surface area contributed by atoms with Crippen molar-refractivity contribution >= 4 is 5.69 Å². The van der Waals surface area contributed by atoms with Crippen LogP contribution in [-0.4, -0.2) is 20.1 Å². The number of anilines is 1. The van der Waals surface area contributed by atoms with E-state index in [0.29, 0.717) is 0 Å². The topological polar surface area (TPSA) is 29.3 Å². The van der Waals surface area contributed by atoms with E-state index < -0.39 is 0 Å². The normalized spacial score (nSPS) is 16.4. The second kappa shape index (κ2) is 6.06. The van der Waals surface area contributed by atoms with Gasteiger partial charge in [-0.25, -0.2) is 0 Å². The van der Waals surface area contributed by atoms with Gasteiger partial charge in [0.15, 0.2) is 0 Å². The first-order valence-electron chi connectivity index (χ1n) is 6.80. The van der Waals surface area contributed by atoms with Crippen molar-refractivity contribution in [1.29, 1.82) is 0 Å². The molecule has 0 aromatic heterocycles. The third kappa shape index (κ3) is 3.22. The van der Waals surface area contributed by atoms with Gasteiger partial charge >= 0.3 is 0 Å². The fraction of sp³-hybridized carbons (Fsp3) is 0.600. The Morgan fingerprint density at radius 2 is 1.94 bits per heavy atom. The number of nitrogens with two attached hydrogens (primary N) is 1. The highest BCUT2D eigenvalue weighted by Crippen LogP contribution is 2.28. The monoisotopic (exact) mass is 232 g/mol. The summed E-state index contributed by atoms with van der Waals surface area (Å²) in [6.07, 6.45) is 6.63. The third-order valence-electron chi connectivity index (χ3n) is 3.82. The molecule has 1 fully saturated rings. The summed E-state index contributed by atoms with van der Waals surface area (Å²) in [5, 5.41) is 0. The minimum Gasteiger partial charge on any atom is -0.374 e. The van der Waals surface area contributed by atoms with Gasteiger partial charge in [-0.2, -0.15) is 0 Å². The maximum atomic E-state index is 5.67. The maximum Gasteiger partial charge on any atom is 0.0396 e. The van der Waals surface area contributed by atoms with Gasteiger partial charge in [0.1, 0.15) is 0 Å². The average Bonchev–Trinajstić information content (AvgIpc) is 2.83. The summed E-state index contributed by atoms with van der Waals surface area (Å²) in [6.45, 7) is 1.93. The largest absolute Gasteiger partial charge is 0.374 e. The standard InChI is InChI=1S/C15H24N2/c1-17(12-13-6-2-3-7-13)15-9-5-4-8-14(15)10-11-16/h4-5,8-9,13H,2-3,6-7,10-12,16H2,1H3. The highest BCUT2D eigenvalue weighted by Gasteiger charge is 2.17. The van der Waals surface area contributed by atoms with E-state index >= 15 is 0 Å². The van der Waals surface area contributed by atoms with Crippen molar-refractivity contribution in [2.45, 2.75) is 32.1 Å². The molecule has 0 atom stereocenters. The Labute approximate surface area is 105 Å². The molecule has 1 aromatic carbocycles. The first kappa shape index (κ1) is 12.4. The van der Waals surface area contributed by atoms with Crippen molar-refractivity contribution in [2.24, 2.45) is 11.7 Å². The molecular formula is C15H24N2. The molecule has 0 heterocycles. The highest BCUT2D eigenvalue weighted by molar-refractivity contribution is 5.53. The zero-order valence-corrected chi connectivity index (χ0v) is 10.9. The van der Waals surface area contributed by atoms with E-state index in [1.165, 1.54) is 43.5 Å². The van der Waals surface area contributed by atoms with Gasteiger partial charge in [0.25, 0.3) is 0 Å². The number of hydrogen-bond acceptors (Lipinski definition) is 2. The lowest BCUT2D eigenvalue weighted by Gasteiger charge is -2.25. The van der Waals surface area contributed by atoms with Gasteiger partial charge < -0.3 is 10.6 Å². The van der Waals surface area contributed by atoms with Gasteiger partial charge in [0.05, 0.1) is 0 Å². The summed E-state index contributed by atoms with van der Waals surface area (Å²) in [5.41, 5.74) is 8.42. The van der Waals surface area contributed by atoms with Gasteiger partial charge in [0, 0.05) is 19.3 Å². The van der Waals surface area contributed by atoms with E-state index in [9.17, 15) is 0 Å². The van der Waals surface area contributed by atoms with Crippen LogP contribution in [0.2, 0.25) is 0 Å². The van der Waals surface area contributed by atoms with Crippen LogP contribution in [0.4, 0.5) is 5.69 Å². The first-order chi connectivity index (χ1) is 8.31. The molecule has 94 valence electrons. The molecular weight excluding hydrogens is 208 g/mol. The Hall–Kier alpha value is -1.02. The summed E-state index contributed by atoms with van der Waals surface area (Å²) < 4.78 is 0. The summed E-state index contributed by atoms with van der Waals surface area (Å²) in [6, 6.07) is 8.66. The Kier molecular flexibility index (Phi) is 4.43. The van der Waals surface area contributed by atoms with Crippen LogP contribution in [0.5, 0.6) is 0 Å². The van der Waals surface area contributed by atoms with Gasteiger partial charge in [-0.1, -0.05) is 31.0 Å². The molecule has 1 aliphatic rings. The highest BCUT2D eigenvalue weighted by atomic mass is 15.1. The van der Waals surface area contributed by atoms with E-state index in [0.717, 1.165) is 18.9 Å². The number of nitrogens with zero attached hydrogens (tertiary/aromatic N) is 1. The molecule has 0 amide bonds. The van der Waals surface area contributed by atoms with Crippen molar-refractivity contribution in [3.05, 3.63) is 29.8 Å². The molecule has 2 rings (SSSR count). The molecule has 17 heavy (non-hydrogen) atoms. The molecule has 0 spiro atoms. The fourth-order valence-electron chi connectivity index (χ4n) is 2.93. The zero-order chi connectivity index (χ0) is 12.1. The van der Waals surface area contributed by atoms with Crippen LogP contribution in [0.3, 0.4) is 0 Å². The molecule has 1 aromatic rings. The Bertz CT molecular complexity index is 343. The van der Waals surface area contributed by atoms with E-state index in [-0.39, 0.29) is 0 Å². The van der Waals surface area contributed by atoms with Crippen LogP contribution in [-0.2, 0) is 6.42 Å². The predicted octanol–water partition coefficient (Wildman–Crippen LogP) is 2.81. The van der Waals surface area contributed by atoms with Gasteiger partial charge in [0.2, 0.25) is 0 Å². The fourth-order valence-corrected chi connectivity index (χ4v) is 2.93. The summed E-state index contributed by atoms with van der Waals surface area (Å²) in [4.78, 5) is 2.42. The van der Waals surface area contributed by atoms with Crippen LogP contribution < -0.4 is 10.6 Å². The zero-order valence-electron chi connectivity index (χ0n) is 10.9. The summed E-state index contributed by atoms with van der Waals surface area (Å²) >= 11 is 0. The number of para-hydroxylation sites is 1. The lowest BCUT2D eigenvalue weighted by molar-refractivity contribution is 0.546. The molecule has 0 unspecified atom stereocenters. The molecule has 1 saturated carbocycles. The smallest absolute Gasteiger partial charge is 0.0396 e. The minimum atomic E-state index is 0.730. The van der Waals surface area contributed by atoms with Crippen molar-refractivity contribution in [2.75, 3.05) is 25.0 Å². The first-order valence-corrected chi connectivity index (χ1v) is 6.80. The number of hydrogen-bond donors (Lipinski definition) is 1. The second-order valence-electron chi connectivity index (χ2n) is 5.20. The van der Waals surface area contributed by atoms with Crippen molar-refractivity contribution in [3.63, 3.8) is 0 Å². The molecule has 2 nitrogen and oxygen atoms in total. The Morgan fingerprint density at radius 3 is 2.65 bits per heavy atom. The minimum absolute atomic E-state index is 0.730. The van der Waals surface area contributed by atoms with Crippen molar-refractivity contribution < 1.29 is 0 Å². The molecule has 0 bridgehead atoms. The van der Waals surface area contributed by atoms with E-state index in [1.54, 1.807) is 0 Å². The van der Waals surface area contributed by atoms with E-state index in [1.807, 2.05) is 0 Å². The van der Waals surface area contributed by atoms with Crippen LogP contribution in [0.25, 0.3) is 0 Å². The third-order valence-corrected chi connectivity index (χ3v) is 3.82. The van der Waals surface area contributed by atoms with E-state index in [4.69, 9.17) is 5.73 Å². The number of rotatable bonds is 5. The summed E-state index contributed by atoms with van der Waals surface area (Å²) in [7, 11) is 2.22. The van der Waals surface area contributed by atoms with Crippen molar-refractivity contribution in [1.82, 2.24) is 0 Å². The maximum absolute atomic E-state index is 5.67. The quantitative estimate of drug-likeness (QED) is 0.846. The van der Waals surface area contributed by atoms with E-state index in [2.05, 4.69) is 36.2 Å².